The molecule has 2 saturated heterocycles. The maximum Gasteiger partial charge on any atom is 0.263 e. The number of likely N-dealkylation sites (tertiary alicyclic amines) is 1. The minimum Gasteiger partial charge on any atom is -0.370 e. The van der Waals surface area contributed by atoms with Gasteiger partial charge in [-0.1, -0.05) is 36.4 Å². The molecule has 3 amide bonds. The molecule has 1 aliphatic carbocycles. The highest BCUT2D eigenvalue weighted by atomic mass is 16.2. The third-order valence-electron chi connectivity index (χ3n) is 8.03. The van der Waals surface area contributed by atoms with Crippen molar-refractivity contribution in [2.45, 2.75) is 50.5 Å². The first-order chi connectivity index (χ1) is 16.6. The van der Waals surface area contributed by atoms with Gasteiger partial charge in [-0.05, 0) is 62.1 Å². The van der Waals surface area contributed by atoms with Gasteiger partial charge in [0.1, 0.15) is 0 Å². The van der Waals surface area contributed by atoms with Crippen LogP contribution in [0.25, 0.3) is 0 Å². The van der Waals surface area contributed by atoms with E-state index in [-0.39, 0.29) is 29.7 Å². The first kappa shape index (κ1) is 21.4. The SMILES string of the molecule is O=C([C@@H]1CCCN(c2cccc3c2C(=O)N(C2CC2)C3=O)C1)N1CCC(c2ccccc2)CC1. The van der Waals surface area contributed by atoms with Crippen LogP contribution in [0.3, 0.4) is 0 Å². The number of piperidine rings is 2. The Morgan fingerprint density at radius 1 is 0.794 bits per heavy atom. The average Bonchev–Trinajstić information content (AvgIpc) is 3.70. The zero-order valence-electron chi connectivity index (χ0n) is 19.5. The van der Waals surface area contributed by atoms with Crippen LogP contribution in [0.5, 0.6) is 0 Å². The molecule has 6 heteroatoms. The van der Waals surface area contributed by atoms with Crippen molar-refractivity contribution < 1.29 is 14.4 Å². The number of carbonyl (C=O) groups is 3. The monoisotopic (exact) mass is 457 g/mol. The minimum absolute atomic E-state index is 0.0646. The summed E-state index contributed by atoms with van der Waals surface area (Å²) in [7, 11) is 0. The molecule has 0 spiro atoms. The Kier molecular flexibility index (Phi) is 5.39. The molecule has 4 aliphatic rings. The van der Waals surface area contributed by atoms with E-state index in [0.29, 0.717) is 23.6 Å². The number of amides is 3. The summed E-state index contributed by atoms with van der Waals surface area (Å²) in [6.45, 7) is 3.03. The summed E-state index contributed by atoms with van der Waals surface area (Å²) < 4.78 is 0. The topological polar surface area (TPSA) is 60.9 Å². The fourth-order valence-corrected chi connectivity index (χ4v) is 6.03. The fraction of sp³-hybridized carbons (Fsp3) is 0.464. The molecule has 2 aromatic rings. The molecule has 0 bridgehead atoms. The van der Waals surface area contributed by atoms with Crippen LogP contribution in [0.1, 0.15) is 70.7 Å². The van der Waals surface area contributed by atoms with Crippen LogP contribution >= 0.6 is 0 Å². The van der Waals surface area contributed by atoms with E-state index in [0.717, 1.165) is 63.8 Å². The van der Waals surface area contributed by atoms with E-state index in [2.05, 4.69) is 29.2 Å². The molecule has 176 valence electrons. The molecule has 6 nitrogen and oxygen atoms in total. The molecular formula is C28H31N3O3. The van der Waals surface area contributed by atoms with Gasteiger partial charge in [-0.15, -0.1) is 0 Å². The lowest BCUT2D eigenvalue weighted by atomic mass is 9.88. The van der Waals surface area contributed by atoms with Gasteiger partial charge < -0.3 is 9.80 Å². The number of anilines is 1. The zero-order chi connectivity index (χ0) is 23.2. The van der Waals surface area contributed by atoms with Gasteiger partial charge in [-0.25, -0.2) is 0 Å². The van der Waals surface area contributed by atoms with Gasteiger partial charge in [-0.2, -0.15) is 0 Å². The number of benzene rings is 2. The predicted molar refractivity (Wildman–Crippen MR) is 130 cm³/mol. The molecule has 1 atom stereocenters. The van der Waals surface area contributed by atoms with E-state index in [9.17, 15) is 14.4 Å². The molecule has 6 rings (SSSR count). The maximum absolute atomic E-state index is 13.4. The van der Waals surface area contributed by atoms with Crippen molar-refractivity contribution in [1.29, 1.82) is 0 Å². The quantitative estimate of drug-likeness (QED) is 0.650. The van der Waals surface area contributed by atoms with Crippen molar-refractivity contribution in [3.05, 3.63) is 65.2 Å². The Labute approximate surface area is 200 Å². The fourth-order valence-electron chi connectivity index (χ4n) is 6.03. The summed E-state index contributed by atoms with van der Waals surface area (Å²) in [6, 6.07) is 16.3. The summed E-state index contributed by atoms with van der Waals surface area (Å²) in [5, 5.41) is 0. The minimum atomic E-state index is -0.158. The number of hydrogen-bond donors (Lipinski definition) is 0. The van der Waals surface area contributed by atoms with Crippen LogP contribution in [0.4, 0.5) is 5.69 Å². The average molecular weight is 458 g/mol. The van der Waals surface area contributed by atoms with Crippen LogP contribution in [0.2, 0.25) is 0 Å². The Bertz CT molecular complexity index is 1120. The van der Waals surface area contributed by atoms with Gasteiger partial charge in [0.25, 0.3) is 11.8 Å². The normalized spacial score (nSPS) is 23.4. The van der Waals surface area contributed by atoms with Crippen molar-refractivity contribution in [3.63, 3.8) is 0 Å². The first-order valence-corrected chi connectivity index (χ1v) is 12.7. The van der Waals surface area contributed by atoms with Crippen LogP contribution < -0.4 is 4.90 Å². The first-order valence-electron chi connectivity index (χ1n) is 12.7. The predicted octanol–water partition coefficient (Wildman–Crippen LogP) is 4.07. The third-order valence-corrected chi connectivity index (χ3v) is 8.03. The number of rotatable bonds is 4. The third kappa shape index (κ3) is 3.69. The summed E-state index contributed by atoms with van der Waals surface area (Å²) in [5.74, 6) is 0.387. The van der Waals surface area contributed by atoms with E-state index in [1.807, 2.05) is 23.1 Å². The molecule has 0 unspecified atom stereocenters. The van der Waals surface area contributed by atoms with Crippen molar-refractivity contribution in [2.75, 3.05) is 31.1 Å². The number of hydrogen-bond acceptors (Lipinski definition) is 4. The number of fused-ring (bicyclic) bond motifs is 1. The van der Waals surface area contributed by atoms with E-state index >= 15 is 0 Å². The molecule has 3 heterocycles. The second-order valence-corrected chi connectivity index (χ2v) is 10.2. The van der Waals surface area contributed by atoms with Crippen LogP contribution in [0, 0.1) is 5.92 Å². The summed E-state index contributed by atoms with van der Waals surface area (Å²) in [6.07, 6.45) is 5.61. The molecular weight excluding hydrogens is 426 g/mol. The van der Waals surface area contributed by atoms with Gasteiger partial charge in [-0.3, -0.25) is 19.3 Å². The van der Waals surface area contributed by atoms with Gasteiger partial charge in [0, 0.05) is 32.2 Å². The molecule has 2 aromatic carbocycles. The van der Waals surface area contributed by atoms with Crippen LogP contribution in [-0.4, -0.2) is 59.7 Å². The second kappa shape index (κ2) is 8.57. The van der Waals surface area contributed by atoms with Crippen molar-refractivity contribution in [2.24, 2.45) is 5.92 Å². The Hall–Kier alpha value is -3.15. The van der Waals surface area contributed by atoms with E-state index in [1.165, 1.54) is 10.5 Å². The van der Waals surface area contributed by atoms with Crippen molar-refractivity contribution >= 4 is 23.4 Å². The Morgan fingerprint density at radius 3 is 2.29 bits per heavy atom. The standard InChI is InChI=1S/C28H31N3O3/c32-26(29-16-13-20(14-17-29)19-6-2-1-3-7-19)21-8-5-15-30(18-21)24-10-4-9-23-25(24)28(34)31(27(23)33)22-11-12-22/h1-4,6-7,9-10,20-22H,5,8,11-18H2/t21-/m1/s1. The zero-order valence-corrected chi connectivity index (χ0v) is 19.5. The van der Waals surface area contributed by atoms with Crippen LogP contribution in [-0.2, 0) is 4.79 Å². The molecule has 0 radical (unpaired) electrons. The molecule has 1 saturated carbocycles. The Morgan fingerprint density at radius 2 is 1.56 bits per heavy atom. The highest BCUT2D eigenvalue weighted by Crippen LogP contribution is 2.39. The maximum atomic E-state index is 13.4. The van der Waals surface area contributed by atoms with Gasteiger partial charge in [0.2, 0.25) is 5.91 Å². The van der Waals surface area contributed by atoms with Gasteiger partial charge in [0.15, 0.2) is 0 Å². The number of imide groups is 1. The molecule has 0 aromatic heterocycles. The Balaban J connectivity index is 1.15. The van der Waals surface area contributed by atoms with Gasteiger partial charge >= 0.3 is 0 Å². The molecule has 3 aliphatic heterocycles. The lowest BCUT2D eigenvalue weighted by molar-refractivity contribution is -0.136. The van der Waals surface area contributed by atoms with E-state index in [4.69, 9.17) is 0 Å². The largest absolute Gasteiger partial charge is 0.370 e. The molecule has 0 N–H and O–H groups in total. The van der Waals surface area contributed by atoms with E-state index in [1.54, 1.807) is 6.07 Å². The number of nitrogens with zero attached hydrogens (tertiary/aromatic N) is 3. The molecule has 34 heavy (non-hydrogen) atoms. The summed E-state index contributed by atoms with van der Waals surface area (Å²) >= 11 is 0. The van der Waals surface area contributed by atoms with Crippen LogP contribution in [0.15, 0.2) is 48.5 Å². The summed E-state index contributed by atoms with van der Waals surface area (Å²) in [4.78, 5) is 45.1. The van der Waals surface area contributed by atoms with E-state index < -0.39 is 0 Å². The van der Waals surface area contributed by atoms with Crippen molar-refractivity contribution in [3.8, 4) is 0 Å². The highest BCUT2D eigenvalue weighted by molar-refractivity contribution is 6.24. The smallest absolute Gasteiger partial charge is 0.263 e. The van der Waals surface area contributed by atoms with Crippen molar-refractivity contribution in [1.82, 2.24) is 9.80 Å². The highest BCUT2D eigenvalue weighted by Gasteiger charge is 2.46. The lowest BCUT2D eigenvalue weighted by Gasteiger charge is -2.39. The molecule has 3 fully saturated rings. The lowest BCUT2D eigenvalue weighted by Crippen LogP contribution is -2.47. The number of carbonyl (C=O) groups excluding carboxylic acids is 3. The second-order valence-electron chi connectivity index (χ2n) is 10.2. The van der Waals surface area contributed by atoms with Gasteiger partial charge in [0.05, 0.1) is 22.7 Å². The summed E-state index contributed by atoms with van der Waals surface area (Å²) in [5.41, 5.74) is 3.25.